The second kappa shape index (κ2) is 5.76. The van der Waals surface area contributed by atoms with Gasteiger partial charge in [0.15, 0.2) is 17.5 Å². The summed E-state index contributed by atoms with van der Waals surface area (Å²) in [6, 6.07) is 0.178. The quantitative estimate of drug-likeness (QED) is 0.795. The summed E-state index contributed by atoms with van der Waals surface area (Å²) in [4.78, 5) is 10.4. The Balaban J connectivity index is 0.00000225. The molecule has 0 bridgehead atoms. The Hall–Kier alpha value is -1.21. The molecule has 1 aromatic rings. The van der Waals surface area contributed by atoms with E-state index in [0.29, 0.717) is 0 Å². The van der Waals surface area contributed by atoms with E-state index in [4.69, 9.17) is 10.8 Å². The minimum atomic E-state index is -1.58. The van der Waals surface area contributed by atoms with Crippen LogP contribution in [-0.2, 0) is 11.2 Å². The summed E-state index contributed by atoms with van der Waals surface area (Å²) in [5.74, 6) is -5.59. The molecule has 0 unspecified atom stereocenters. The second-order valence-electron chi connectivity index (χ2n) is 3.02. The zero-order valence-corrected chi connectivity index (χ0v) is 9.01. The molecule has 90 valence electrons. The van der Waals surface area contributed by atoms with Gasteiger partial charge in [0.25, 0.3) is 0 Å². The number of hydrogen-bond donors (Lipinski definition) is 2. The van der Waals surface area contributed by atoms with Crippen LogP contribution < -0.4 is 5.73 Å². The molecule has 0 aliphatic heterocycles. The lowest BCUT2D eigenvalue weighted by atomic mass is 10.1. The molecule has 0 fully saturated rings. The van der Waals surface area contributed by atoms with Crippen LogP contribution in [0.2, 0.25) is 0 Å². The standard InChI is InChI=1S/C9H8F3NO2.H2S/c10-5-1-4(2-6(11)8(5)12)3-7(13)9(14)15;/h1-2,7H,3,13H2,(H,14,15);1H2/t7-;/m0./s1. The van der Waals surface area contributed by atoms with E-state index in [9.17, 15) is 18.0 Å². The van der Waals surface area contributed by atoms with Crippen molar-refractivity contribution in [2.24, 2.45) is 5.73 Å². The van der Waals surface area contributed by atoms with Gasteiger partial charge in [0.2, 0.25) is 0 Å². The number of nitrogens with two attached hydrogens (primary N) is 1. The van der Waals surface area contributed by atoms with Crippen LogP contribution in [0.25, 0.3) is 0 Å². The normalized spacial score (nSPS) is 11.8. The van der Waals surface area contributed by atoms with Gasteiger partial charge in [-0.05, 0) is 24.1 Å². The third-order valence-corrected chi connectivity index (χ3v) is 1.82. The van der Waals surface area contributed by atoms with E-state index in [1.165, 1.54) is 0 Å². The topological polar surface area (TPSA) is 63.3 Å². The number of aliphatic carboxylic acids is 1. The Morgan fingerprint density at radius 2 is 1.75 bits per heavy atom. The summed E-state index contributed by atoms with van der Waals surface area (Å²) in [6.45, 7) is 0. The van der Waals surface area contributed by atoms with Crippen LogP contribution in [0.1, 0.15) is 5.56 Å². The molecular weight excluding hydrogens is 243 g/mol. The summed E-state index contributed by atoms with van der Waals surface area (Å²) in [7, 11) is 0. The van der Waals surface area contributed by atoms with E-state index in [1.54, 1.807) is 0 Å². The molecule has 0 spiro atoms. The fraction of sp³-hybridized carbons (Fsp3) is 0.222. The Labute approximate surface area is 96.5 Å². The highest BCUT2D eigenvalue weighted by molar-refractivity contribution is 7.59. The molecule has 0 saturated heterocycles. The Bertz CT molecular complexity index is 377. The van der Waals surface area contributed by atoms with Crippen LogP contribution in [-0.4, -0.2) is 17.1 Å². The first-order valence-corrected chi connectivity index (χ1v) is 4.03. The maximum atomic E-state index is 12.7. The number of rotatable bonds is 3. The van der Waals surface area contributed by atoms with Gasteiger partial charge in [-0.2, -0.15) is 13.5 Å². The molecule has 0 radical (unpaired) electrons. The molecule has 3 N–H and O–H groups in total. The van der Waals surface area contributed by atoms with Crippen LogP contribution in [0.3, 0.4) is 0 Å². The van der Waals surface area contributed by atoms with Crippen LogP contribution >= 0.6 is 13.5 Å². The van der Waals surface area contributed by atoms with E-state index >= 15 is 0 Å². The number of carboxylic acids is 1. The zero-order valence-electron chi connectivity index (χ0n) is 8.01. The molecule has 3 nitrogen and oxygen atoms in total. The highest BCUT2D eigenvalue weighted by Gasteiger charge is 2.16. The molecule has 0 heterocycles. The molecule has 0 aromatic heterocycles. The monoisotopic (exact) mass is 253 g/mol. The Morgan fingerprint density at radius 3 is 2.12 bits per heavy atom. The van der Waals surface area contributed by atoms with Crippen molar-refractivity contribution in [2.75, 3.05) is 0 Å². The van der Waals surface area contributed by atoms with Crippen molar-refractivity contribution in [3.05, 3.63) is 35.1 Å². The van der Waals surface area contributed by atoms with Gasteiger partial charge >= 0.3 is 5.97 Å². The SMILES string of the molecule is N[C@@H](Cc1cc(F)c(F)c(F)c1)C(=O)O.S. The number of hydrogen-bond acceptors (Lipinski definition) is 2. The fourth-order valence-electron chi connectivity index (χ4n) is 1.07. The summed E-state index contributed by atoms with van der Waals surface area (Å²) in [5.41, 5.74) is 5.15. The zero-order chi connectivity index (χ0) is 11.6. The first kappa shape index (κ1) is 14.8. The first-order chi connectivity index (χ1) is 6.91. The third kappa shape index (κ3) is 3.42. The number of benzene rings is 1. The van der Waals surface area contributed by atoms with E-state index in [1.807, 2.05) is 0 Å². The van der Waals surface area contributed by atoms with Crippen molar-refractivity contribution in [2.45, 2.75) is 12.5 Å². The van der Waals surface area contributed by atoms with Crippen LogP contribution in [0, 0.1) is 17.5 Å². The predicted octanol–water partition coefficient (Wildman–Crippen LogP) is 1.17. The fourth-order valence-corrected chi connectivity index (χ4v) is 1.07. The van der Waals surface area contributed by atoms with Crippen molar-refractivity contribution in [3.8, 4) is 0 Å². The van der Waals surface area contributed by atoms with Gasteiger partial charge in [-0.15, -0.1) is 0 Å². The van der Waals surface area contributed by atoms with Crippen molar-refractivity contribution in [1.82, 2.24) is 0 Å². The molecule has 1 rings (SSSR count). The first-order valence-electron chi connectivity index (χ1n) is 4.03. The lowest BCUT2D eigenvalue weighted by Gasteiger charge is -2.06. The molecule has 0 aliphatic carbocycles. The predicted molar refractivity (Wildman–Crippen MR) is 56.0 cm³/mol. The molecule has 0 saturated carbocycles. The highest BCUT2D eigenvalue weighted by Crippen LogP contribution is 2.14. The van der Waals surface area contributed by atoms with Gasteiger partial charge in [0.1, 0.15) is 6.04 Å². The van der Waals surface area contributed by atoms with Crippen LogP contribution in [0.4, 0.5) is 13.2 Å². The van der Waals surface area contributed by atoms with Gasteiger partial charge < -0.3 is 10.8 Å². The second-order valence-corrected chi connectivity index (χ2v) is 3.02. The van der Waals surface area contributed by atoms with Crippen LogP contribution in [0.15, 0.2) is 12.1 Å². The molecule has 16 heavy (non-hydrogen) atoms. The van der Waals surface area contributed by atoms with Crippen molar-refractivity contribution >= 4 is 19.5 Å². The Kier molecular flexibility index (Phi) is 5.32. The molecular formula is C9H10F3NO2S. The average molecular weight is 253 g/mol. The number of halogens is 3. The lowest BCUT2D eigenvalue weighted by molar-refractivity contribution is -0.138. The van der Waals surface area contributed by atoms with Crippen molar-refractivity contribution in [1.29, 1.82) is 0 Å². The lowest BCUT2D eigenvalue weighted by Crippen LogP contribution is -2.32. The highest BCUT2D eigenvalue weighted by atomic mass is 32.1. The van der Waals surface area contributed by atoms with Gasteiger partial charge in [0, 0.05) is 0 Å². The smallest absolute Gasteiger partial charge is 0.320 e. The molecule has 0 amide bonds. The summed E-state index contributed by atoms with van der Waals surface area (Å²) in [6.07, 6.45) is -0.260. The molecule has 1 aromatic carbocycles. The van der Waals surface area contributed by atoms with Gasteiger partial charge in [0.05, 0.1) is 0 Å². The van der Waals surface area contributed by atoms with Gasteiger partial charge in [-0.25, -0.2) is 13.2 Å². The maximum Gasteiger partial charge on any atom is 0.320 e. The summed E-state index contributed by atoms with van der Waals surface area (Å²) >= 11 is 0. The molecule has 0 aliphatic rings. The van der Waals surface area contributed by atoms with Crippen molar-refractivity contribution in [3.63, 3.8) is 0 Å². The largest absolute Gasteiger partial charge is 0.480 e. The van der Waals surface area contributed by atoms with E-state index in [0.717, 1.165) is 12.1 Å². The van der Waals surface area contributed by atoms with E-state index in [-0.39, 0.29) is 25.5 Å². The molecule has 1 atom stereocenters. The third-order valence-electron chi connectivity index (χ3n) is 1.82. The van der Waals surface area contributed by atoms with Crippen LogP contribution in [0.5, 0.6) is 0 Å². The summed E-state index contributed by atoms with van der Waals surface area (Å²) < 4.78 is 37.9. The number of carbonyl (C=O) groups is 1. The average Bonchev–Trinajstić information content (AvgIpc) is 2.13. The maximum absolute atomic E-state index is 12.7. The number of carboxylic acid groups (broad SMARTS) is 1. The minimum Gasteiger partial charge on any atom is -0.480 e. The van der Waals surface area contributed by atoms with E-state index in [2.05, 4.69) is 0 Å². The molecule has 7 heteroatoms. The van der Waals surface area contributed by atoms with Gasteiger partial charge in [-0.1, -0.05) is 0 Å². The van der Waals surface area contributed by atoms with Crippen molar-refractivity contribution < 1.29 is 23.1 Å². The Morgan fingerprint density at radius 1 is 1.31 bits per heavy atom. The van der Waals surface area contributed by atoms with Gasteiger partial charge in [-0.3, -0.25) is 4.79 Å². The minimum absolute atomic E-state index is 0. The summed E-state index contributed by atoms with van der Waals surface area (Å²) in [5, 5.41) is 8.45. The van der Waals surface area contributed by atoms with E-state index < -0.39 is 29.5 Å².